The summed E-state index contributed by atoms with van der Waals surface area (Å²) in [5.41, 5.74) is 17.2. The highest BCUT2D eigenvalue weighted by Crippen LogP contribution is 2.52. The van der Waals surface area contributed by atoms with E-state index in [-0.39, 0.29) is 5.41 Å². The lowest BCUT2D eigenvalue weighted by Crippen LogP contribution is -2.15. The second kappa shape index (κ2) is 9.68. The molecule has 2 aromatic heterocycles. The first-order valence-electron chi connectivity index (χ1n) is 15.6. The number of aromatic nitrogens is 1. The quantitative estimate of drug-likeness (QED) is 0.179. The SMILES string of the molecule is C/C=C\c1c(-c2ccc(C3=C=CC=C3)cc2)c2cc3c(cc2n1-c1cccc2c1sc1ccccc12)C(C)(C)c1ccccc1-3. The lowest BCUT2D eigenvalue weighted by Gasteiger charge is -2.21. The zero-order valence-electron chi connectivity index (χ0n) is 25.6. The van der Waals surface area contributed by atoms with E-state index in [0.717, 1.165) is 5.57 Å². The maximum absolute atomic E-state index is 3.36. The molecule has 5 aromatic carbocycles. The van der Waals surface area contributed by atoms with Gasteiger partial charge in [-0.1, -0.05) is 105 Å². The van der Waals surface area contributed by atoms with Gasteiger partial charge in [0.05, 0.1) is 21.6 Å². The molecule has 0 spiro atoms. The smallest absolute Gasteiger partial charge is 0.0640 e. The summed E-state index contributed by atoms with van der Waals surface area (Å²) in [4.78, 5) is 0. The van der Waals surface area contributed by atoms with Gasteiger partial charge >= 0.3 is 0 Å². The Balaban J connectivity index is 1.41. The van der Waals surface area contributed by atoms with E-state index in [2.05, 4.69) is 159 Å². The highest BCUT2D eigenvalue weighted by atomic mass is 32.1. The molecule has 0 amide bonds. The minimum Gasteiger partial charge on any atom is -0.308 e. The molecule has 0 saturated heterocycles. The van der Waals surface area contributed by atoms with Crippen LogP contribution in [-0.2, 0) is 5.41 Å². The van der Waals surface area contributed by atoms with Crippen LogP contribution in [0.3, 0.4) is 0 Å². The molecule has 0 unspecified atom stereocenters. The lowest BCUT2D eigenvalue weighted by atomic mass is 9.82. The van der Waals surface area contributed by atoms with Crippen molar-refractivity contribution in [2.45, 2.75) is 26.2 Å². The van der Waals surface area contributed by atoms with E-state index in [1.54, 1.807) is 0 Å². The standard InChI is InChI=1S/C43H31NS/c1-4-12-37-41(29-23-21-28(22-24-29)27-13-5-6-14-27)34-25-33-30-15-7-9-18-35(30)43(2,3)36(33)26-39(34)44(37)38-19-11-17-32-31-16-8-10-20-40(31)45-42(32)38/h4-13,15-26H,1-3H3/b12-4-. The van der Waals surface area contributed by atoms with Gasteiger partial charge in [-0.3, -0.25) is 0 Å². The number of fused-ring (bicyclic) bond motifs is 7. The molecule has 2 heterocycles. The summed E-state index contributed by atoms with van der Waals surface area (Å²) in [6.45, 7) is 6.87. The normalized spacial score (nSPS) is 14.7. The van der Waals surface area contributed by atoms with Crippen LogP contribution in [0.1, 0.15) is 43.2 Å². The predicted octanol–water partition coefficient (Wildman–Crippen LogP) is 12.1. The van der Waals surface area contributed by atoms with Crippen LogP contribution in [-0.4, -0.2) is 4.57 Å². The minimum atomic E-state index is -0.0859. The van der Waals surface area contributed by atoms with Gasteiger partial charge in [-0.05, 0) is 82.8 Å². The number of allylic oxidation sites excluding steroid dienone is 4. The molecular weight excluding hydrogens is 563 g/mol. The summed E-state index contributed by atoms with van der Waals surface area (Å²) in [7, 11) is 0. The first kappa shape index (κ1) is 26.3. The Labute approximate surface area is 267 Å². The Hall–Kier alpha value is -5.14. The van der Waals surface area contributed by atoms with Crippen molar-refractivity contribution in [3.63, 3.8) is 0 Å². The van der Waals surface area contributed by atoms with Crippen molar-refractivity contribution in [2.24, 2.45) is 0 Å². The Kier molecular flexibility index (Phi) is 5.65. The summed E-state index contributed by atoms with van der Waals surface area (Å²) >= 11 is 1.89. The molecule has 0 aliphatic heterocycles. The monoisotopic (exact) mass is 593 g/mol. The maximum Gasteiger partial charge on any atom is 0.0640 e. The first-order chi connectivity index (χ1) is 22.0. The van der Waals surface area contributed by atoms with Crippen molar-refractivity contribution < 1.29 is 0 Å². The van der Waals surface area contributed by atoms with Crippen LogP contribution in [0.2, 0.25) is 0 Å². The van der Waals surface area contributed by atoms with Crippen LogP contribution >= 0.6 is 11.3 Å². The van der Waals surface area contributed by atoms with Gasteiger partial charge in [0.1, 0.15) is 0 Å². The molecular formula is C43H31NS. The number of hydrogen-bond donors (Lipinski definition) is 0. The summed E-state index contributed by atoms with van der Waals surface area (Å²) in [6, 6.07) is 38.5. The summed E-state index contributed by atoms with van der Waals surface area (Å²) in [6.07, 6.45) is 10.6. The van der Waals surface area contributed by atoms with Crippen LogP contribution in [0, 0.1) is 0 Å². The third kappa shape index (κ3) is 3.74. The Morgan fingerprint density at radius 1 is 0.733 bits per heavy atom. The van der Waals surface area contributed by atoms with E-state index in [0.29, 0.717) is 0 Å². The maximum atomic E-state index is 3.36. The lowest BCUT2D eigenvalue weighted by molar-refractivity contribution is 0.661. The van der Waals surface area contributed by atoms with Crippen LogP contribution < -0.4 is 0 Å². The number of rotatable bonds is 4. The molecule has 0 fully saturated rings. The summed E-state index contributed by atoms with van der Waals surface area (Å²) in [5, 5.41) is 3.91. The Morgan fingerprint density at radius 2 is 1.51 bits per heavy atom. The number of nitrogens with zero attached hydrogens (tertiary/aromatic N) is 1. The third-order valence-corrected chi connectivity index (χ3v) is 10.9. The van der Waals surface area contributed by atoms with E-state index in [4.69, 9.17) is 0 Å². The Morgan fingerprint density at radius 3 is 2.33 bits per heavy atom. The van der Waals surface area contributed by atoms with Crippen molar-refractivity contribution >= 4 is 54.1 Å². The van der Waals surface area contributed by atoms with Crippen molar-refractivity contribution in [1.82, 2.24) is 4.57 Å². The van der Waals surface area contributed by atoms with Crippen molar-refractivity contribution in [1.29, 1.82) is 0 Å². The minimum absolute atomic E-state index is 0.0859. The molecule has 9 rings (SSSR count). The number of benzene rings is 5. The van der Waals surface area contributed by atoms with Crippen molar-refractivity contribution in [3.8, 4) is 27.9 Å². The summed E-state index contributed by atoms with van der Waals surface area (Å²) < 4.78 is 5.17. The molecule has 0 saturated carbocycles. The van der Waals surface area contributed by atoms with Gasteiger partial charge in [0.25, 0.3) is 0 Å². The van der Waals surface area contributed by atoms with Crippen molar-refractivity contribution in [3.05, 3.63) is 156 Å². The van der Waals surface area contributed by atoms with Gasteiger partial charge in [0.2, 0.25) is 0 Å². The Bertz CT molecular complexity index is 2480. The van der Waals surface area contributed by atoms with Gasteiger partial charge in [-0.2, -0.15) is 0 Å². The fraction of sp³-hybridized carbons (Fsp3) is 0.0930. The molecule has 0 bridgehead atoms. The second-order valence-electron chi connectivity index (χ2n) is 12.6. The summed E-state index contributed by atoms with van der Waals surface area (Å²) in [5.74, 6) is 0. The van der Waals surface area contributed by atoms with Gasteiger partial charge in [-0.15, -0.1) is 17.1 Å². The molecule has 0 N–H and O–H groups in total. The van der Waals surface area contributed by atoms with Gasteiger partial charge < -0.3 is 4.57 Å². The molecule has 0 radical (unpaired) electrons. The van der Waals surface area contributed by atoms with Crippen LogP contribution in [0.25, 0.3) is 70.7 Å². The molecule has 1 nitrogen and oxygen atoms in total. The second-order valence-corrected chi connectivity index (χ2v) is 13.6. The fourth-order valence-electron chi connectivity index (χ4n) is 7.61. The molecule has 0 atom stereocenters. The molecule has 214 valence electrons. The van der Waals surface area contributed by atoms with Crippen LogP contribution in [0.4, 0.5) is 0 Å². The zero-order valence-corrected chi connectivity index (χ0v) is 26.4. The van der Waals surface area contributed by atoms with E-state index < -0.39 is 0 Å². The number of hydrogen-bond acceptors (Lipinski definition) is 1. The third-order valence-electron chi connectivity index (χ3n) is 9.74. The van der Waals surface area contributed by atoms with Crippen molar-refractivity contribution in [2.75, 3.05) is 0 Å². The van der Waals surface area contributed by atoms with Gasteiger partial charge in [-0.25, -0.2) is 0 Å². The number of thiophene rings is 1. The fourth-order valence-corrected chi connectivity index (χ4v) is 8.82. The van der Waals surface area contributed by atoms with Gasteiger partial charge in [0, 0.05) is 37.4 Å². The average molecular weight is 594 g/mol. The zero-order chi connectivity index (χ0) is 30.3. The molecule has 2 heteroatoms. The van der Waals surface area contributed by atoms with Crippen LogP contribution in [0.5, 0.6) is 0 Å². The van der Waals surface area contributed by atoms with E-state index in [1.165, 1.54) is 81.4 Å². The molecule has 2 aliphatic rings. The van der Waals surface area contributed by atoms with E-state index in [1.807, 2.05) is 17.4 Å². The highest BCUT2D eigenvalue weighted by Gasteiger charge is 2.36. The van der Waals surface area contributed by atoms with E-state index >= 15 is 0 Å². The predicted molar refractivity (Wildman–Crippen MR) is 195 cm³/mol. The first-order valence-corrected chi connectivity index (χ1v) is 16.5. The van der Waals surface area contributed by atoms with E-state index in [9.17, 15) is 0 Å². The average Bonchev–Trinajstić information content (AvgIpc) is 3.84. The topological polar surface area (TPSA) is 4.93 Å². The van der Waals surface area contributed by atoms with Gasteiger partial charge in [0.15, 0.2) is 0 Å². The van der Waals surface area contributed by atoms with Crippen LogP contribution in [0.15, 0.2) is 133 Å². The molecule has 2 aliphatic carbocycles. The highest BCUT2D eigenvalue weighted by molar-refractivity contribution is 7.26. The molecule has 45 heavy (non-hydrogen) atoms. The largest absolute Gasteiger partial charge is 0.308 e. The molecule has 7 aromatic rings.